The van der Waals surface area contributed by atoms with E-state index in [1.165, 1.54) is 94.3 Å². The maximum absolute atomic E-state index is 6.34. The van der Waals surface area contributed by atoms with E-state index in [1.807, 2.05) is 12.1 Å². The molecule has 13 aromatic rings. The van der Waals surface area contributed by atoms with Crippen LogP contribution in [0.2, 0.25) is 0 Å². The molecule has 15 rings (SSSR count). The molecule has 0 bridgehead atoms. The van der Waals surface area contributed by atoms with Crippen LogP contribution in [0.15, 0.2) is 247 Å². The Balaban J connectivity index is 0.849. The number of benzene rings is 11. The van der Waals surface area contributed by atoms with Crippen LogP contribution >= 0.6 is 0 Å². The molecule has 356 valence electrons. The smallest absolute Gasteiger partial charge is 0.136 e. The quantitative estimate of drug-likeness (QED) is 0.159. The Morgan fingerprint density at radius 2 is 0.907 bits per heavy atom. The minimum Gasteiger partial charge on any atom is -0.456 e. The molecule has 0 spiro atoms. The molecule has 0 unspecified atom stereocenters. The maximum Gasteiger partial charge on any atom is 0.136 e. The summed E-state index contributed by atoms with van der Waals surface area (Å²) >= 11 is 0. The zero-order valence-electron chi connectivity index (χ0n) is 42.4. The van der Waals surface area contributed by atoms with Crippen molar-refractivity contribution in [2.75, 3.05) is 4.90 Å². The summed E-state index contributed by atoms with van der Waals surface area (Å²) in [7, 11) is 0. The first-order valence-electron chi connectivity index (χ1n) is 26.2. The molecule has 3 heteroatoms. The molecule has 2 aliphatic carbocycles. The van der Waals surface area contributed by atoms with Gasteiger partial charge in [0, 0.05) is 55.0 Å². The number of para-hydroxylation sites is 4. The van der Waals surface area contributed by atoms with Gasteiger partial charge < -0.3 is 13.9 Å². The molecule has 0 saturated carbocycles. The fourth-order valence-electron chi connectivity index (χ4n) is 13.1. The van der Waals surface area contributed by atoms with Gasteiger partial charge in [-0.2, -0.15) is 0 Å². The summed E-state index contributed by atoms with van der Waals surface area (Å²) in [5, 5.41) is 4.82. The summed E-state index contributed by atoms with van der Waals surface area (Å²) in [6.07, 6.45) is 0. The summed E-state index contributed by atoms with van der Waals surface area (Å²) in [5.74, 6) is 0. The van der Waals surface area contributed by atoms with E-state index in [2.05, 4.69) is 268 Å². The maximum atomic E-state index is 6.34. The molecule has 2 heterocycles. The van der Waals surface area contributed by atoms with Crippen LogP contribution in [0.3, 0.4) is 0 Å². The lowest BCUT2D eigenvalue weighted by Gasteiger charge is -2.30. The van der Waals surface area contributed by atoms with Crippen LogP contribution in [0.4, 0.5) is 17.1 Å². The molecule has 0 fully saturated rings. The van der Waals surface area contributed by atoms with Crippen molar-refractivity contribution in [1.82, 2.24) is 4.57 Å². The first-order chi connectivity index (χ1) is 36.7. The van der Waals surface area contributed by atoms with Gasteiger partial charge >= 0.3 is 0 Å². The van der Waals surface area contributed by atoms with Gasteiger partial charge in [0.05, 0.1) is 16.7 Å². The molecule has 0 aliphatic heterocycles. The second kappa shape index (κ2) is 16.2. The van der Waals surface area contributed by atoms with E-state index in [4.69, 9.17) is 4.42 Å². The zero-order valence-corrected chi connectivity index (χ0v) is 42.4. The van der Waals surface area contributed by atoms with Gasteiger partial charge in [-0.1, -0.05) is 185 Å². The minimum absolute atomic E-state index is 0.153. The molecule has 2 aliphatic rings. The average Bonchev–Trinajstić information content (AvgIpc) is 4.14. The molecule has 11 aromatic carbocycles. The lowest BCUT2D eigenvalue weighted by atomic mass is 9.81. The second-order valence-electron chi connectivity index (χ2n) is 21.6. The normalized spacial score (nSPS) is 13.8. The third-order valence-electron chi connectivity index (χ3n) is 16.8. The number of anilines is 3. The number of hydrogen-bond acceptors (Lipinski definition) is 2. The number of nitrogens with zero attached hydrogens (tertiary/aromatic N) is 2. The van der Waals surface area contributed by atoms with Crippen molar-refractivity contribution in [3.05, 3.63) is 265 Å². The van der Waals surface area contributed by atoms with E-state index in [-0.39, 0.29) is 10.8 Å². The molecule has 0 radical (unpaired) electrons. The van der Waals surface area contributed by atoms with E-state index >= 15 is 0 Å². The van der Waals surface area contributed by atoms with Crippen molar-refractivity contribution in [2.45, 2.75) is 38.5 Å². The lowest BCUT2D eigenvalue weighted by molar-refractivity contribution is 0.660. The van der Waals surface area contributed by atoms with Gasteiger partial charge in [0.1, 0.15) is 11.2 Å². The van der Waals surface area contributed by atoms with Crippen molar-refractivity contribution in [2.24, 2.45) is 0 Å². The number of fused-ring (bicyclic) bond motifs is 12. The van der Waals surface area contributed by atoms with Gasteiger partial charge in [-0.25, -0.2) is 0 Å². The van der Waals surface area contributed by atoms with Crippen molar-refractivity contribution in [3.8, 4) is 61.3 Å². The first kappa shape index (κ1) is 43.4. The fourth-order valence-corrected chi connectivity index (χ4v) is 13.1. The van der Waals surface area contributed by atoms with Gasteiger partial charge in [-0.15, -0.1) is 0 Å². The topological polar surface area (TPSA) is 21.3 Å². The predicted octanol–water partition coefficient (Wildman–Crippen LogP) is 19.8. The Morgan fingerprint density at radius 3 is 1.76 bits per heavy atom. The molecule has 0 amide bonds. The molecule has 3 nitrogen and oxygen atoms in total. The molecule has 2 aromatic heterocycles. The van der Waals surface area contributed by atoms with Crippen molar-refractivity contribution in [1.29, 1.82) is 0 Å². The number of rotatable bonds is 7. The molecular weight excluding hydrogens is 909 g/mol. The van der Waals surface area contributed by atoms with Crippen LogP contribution in [0.5, 0.6) is 0 Å². The molecule has 75 heavy (non-hydrogen) atoms. The monoisotopic (exact) mass is 960 g/mol. The van der Waals surface area contributed by atoms with Gasteiger partial charge in [0.25, 0.3) is 0 Å². The lowest BCUT2D eigenvalue weighted by Crippen LogP contribution is -2.17. The summed E-state index contributed by atoms with van der Waals surface area (Å²) in [5.41, 5.74) is 26.1. The largest absolute Gasteiger partial charge is 0.456 e. The Kier molecular flexibility index (Phi) is 9.35. The van der Waals surface area contributed by atoms with Crippen LogP contribution in [-0.2, 0) is 10.8 Å². The van der Waals surface area contributed by atoms with E-state index in [0.29, 0.717) is 0 Å². The Bertz CT molecular complexity index is 4470. The highest BCUT2D eigenvalue weighted by Gasteiger charge is 2.38. The Labute approximate surface area is 437 Å². The molecular formula is C72H52N2O. The highest BCUT2D eigenvalue weighted by Crippen LogP contribution is 2.54. The van der Waals surface area contributed by atoms with E-state index in [1.54, 1.807) is 0 Å². The third kappa shape index (κ3) is 6.47. The van der Waals surface area contributed by atoms with Crippen LogP contribution in [0.25, 0.3) is 105 Å². The van der Waals surface area contributed by atoms with E-state index < -0.39 is 0 Å². The Morgan fingerprint density at radius 1 is 0.333 bits per heavy atom. The van der Waals surface area contributed by atoms with E-state index in [9.17, 15) is 0 Å². The van der Waals surface area contributed by atoms with Gasteiger partial charge in [-0.3, -0.25) is 0 Å². The highest BCUT2D eigenvalue weighted by molar-refractivity contribution is 6.16. The van der Waals surface area contributed by atoms with Crippen LogP contribution < -0.4 is 4.90 Å². The molecule has 0 N–H and O–H groups in total. The van der Waals surface area contributed by atoms with Crippen LogP contribution in [0, 0.1) is 0 Å². The summed E-state index contributed by atoms with van der Waals surface area (Å²) in [4.78, 5) is 2.47. The highest BCUT2D eigenvalue weighted by atomic mass is 16.3. The number of aromatic nitrogens is 1. The minimum atomic E-state index is -0.206. The van der Waals surface area contributed by atoms with Gasteiger partial charge in [0.2, 0.25) is 0 Å². The molecule has 0 atom stereocenters. The Hall–Kier alpha value is -9.18. The number of furan rings is 1. The SMILES string of the molecule is CC1(C)c2ccc(-c3ccccc3N(c3ccc(-c4ccc5c(c4)oc4ccccc45)cc3)c3ccc4c(c3)C(C)(C)c3ccccc3-4)cc2-c2ccc(-c3cccc4c3c3ccccc3n4-c3ccccc3)cc21. The standard InChI is InChI=1S/C72H52N2O/c1-71(2)61-24-12-8-20-54(61)55-39-36-51(44-64(55)71)73(50-34-29-45(30-35-50)46-31-38-58-57-21-11-15-28-68(57)75-69(58)43-46)65-25-13-9-19-52(65)47-33-40-62-60(41-47)56-37-32-48(42-63(56)72(62,3)4)53-23-16-27-67-70(53)59-22-10-14-26-66(59)74(67)49-17-6-5-7-18-49/h5-44H,1-4H3. The van der Waals surface area contributed by atoms with Crippen molar-refractivity contribution in [3.63, 3.8) is 0 Å². The summed E-state index contributed by atoms with van der Waals surface area (Å²) in [6, 6.07) is 89.7. The number of hydrogen-bond donors (Lipinski definition) is 0. The fraction of sp³-hybridized carbons (Fsp3) is 0.0833. The average molecular weight is 961 g/mol. The zero-order chi connectivity index (χ0) is 50.2. The van der Waals surface area contributed by atoms with Crippen LogP contribution in [-0.4, -0.2) is 4.57 Å². The van der Waals surface area contributed by atoms with Gasteiger partial charge in [0.15, 0.2) is 0 Å². The first-order valence-corrected chi connectivity index (χ1v) is 26.2. The predicted molar refractivity (Wildman–Crippen MR) is 314 cm³/mol. The van der Waals surface area contributed by atoms with E-state index in [0.717, 1.165) is 50.1 Å². The van der Waals surface area contributed by atoms with Crippen molar-refractivity contribution < 1.29 is 4.42 Å². The van der Waals surface area contributed by atoms with Crippen LogP contribution in [0.1, 0.15) is 49.9 Å². The summed E-state index contributed by atoms with van der Waals surface area (Å²) in [6.45, 7) is 9.52. The van der Waals surface area contributed by atoms with Crippen molar-refractivity contribution >= 4 is 60.8 Å². The van der Waals surface area contributed by atoms with Gasteiger partial charge in [-0.05, 0) is 157 Å². The molecule has 0 saturated heterocycles. The summed E-state index contributed by atoms with van der Waals surface area (Å²) < 4.78 is 8.75. The third-order valence-corrected chi connectivity index (χ3v) is 16.8. The second-order valence-corrected chi connectivity index (χ2v) is 21.6.